The molecule has 1 N–H and O–H groups in total. The van der Waals surface area contributed by atoms with Crippen molar-refractivity contribution in [1.29, 1.82) is 0 Å². The van der Waals surface area contributed by atoms with E-state index >= 15 is 0 Å². The van der Waals surface area contributed by atoms with Crippen LogP contribution >= 0.6 is 38.5 Å². The number of nitrogens with one attached hydrogen (secondary N) is 1. The first-order valence-electron chi connectivity index (χ1n) is 6.73. The van der Waals surface area contributed by atoms with Gasteiger partial charge in [0.05, 0.1) is 5.56 Å². The lowest BCUT2D eigenvalue weighted by molar-refractivity contribution is 0.0909. The second-order valence-corrected chi connectivity index (χ2v) is 7.66. The molecule has 0 radical (unpaired) electrons. The van der Waals surface area contributed by atoms with Crippen molar-refractivity contribution in [1.82, 2.24) is 5.32 Å². The van der Waals surface area contributed by atoms with Gasteiger partial charge in [-0.3, -0.25) is 4.79 Å². The summed E-state index contributed by atoms with van der Waals surface area (Å²) in [4.78, 5) is 12.3. The summed E-state index contributed by atoms with van der Waals surface area (Å²) in [5.41, 5.74) is 0.734. The molecular weight excluding hydrogens is 417 g/mol. The quantitative estimate of drug-likeness (QED) is 0.675. The summed E-state index contributed by atoms with van der Waals surface area (Å²) >= 11 is 5.68. The van der Waals surface area contributed by atoms with Gasteiger partial charge in [-0.05, 0) is 87.8 Å². The fourth-order valence-corrected chi connectivity index (χ4v) is 3.53. The number of rotatable bonds is 2. The van der Waals surface area contributed by atoms with Crippen LogP contribution in [0, 0.1) is 15.4 Å². The smallest absolute Gasteiger partial charge is 0.252 e. The van der Waals surface area contributed by atoms with Crippen LogP contribution < -0.4 is 5.32 Å². The van der Waals surface area contributed by atoms with Crippen molar-refractivity contribution < 1.29 is 4.79 Å². The third-order valence-corrected chi connectivity index (χ3v) is 5.47. The van der Waals surface area contributed by atoms with E-state index in [1.165, 1.54) is 6.42 Å². The van der Waals surface area contributed by atoms with Gasteiger partial charge in [-0.25, -0.2) is 0 Å². The van der Waals surface area contributed by atoms with Gasteiger partial charge in [0, 0.05) is 14.1 Å². The minimum atomic E-state index is 0.0390. The Hall–Kier alpha value is -0.100. The number of hydrogen-bond acceptors (Lipinski definition) is 1. The summed E-state index contributed by atoms with van der Waals surface area (Å²) in [6.45, 7) is 4.59. The molecule has 0 spiro atoms. The summed E-state index contributed by atoms with van der Waals surface area (Å²) in [7, 11) is 0. The Morgan fingerprint density at radius 1 is 1.32 bits per heavy atom. The first-order valence-corrected chi connectivity index (χ1v) is 8.60. The molecule has 1 aliphatic rings. The third-order valence-electron chi connectivity index (χ3n) is 4.11. The highest BCUT2D eigenvalue weighted by atomic mass is 127. The van der Waals surface area contributed by atoms with E-state index < -0.39 is 0 Å². The van der Waals surface area contributed by atoms with Crippen LogP contribution in [0.2, 0.25) is 0 Å². The van der Waals surface area contributed by atoms with E-state index in [0.717, 1.165) is 32.4 Å². The van der Waals surface area contributed by atoms with Crippen molar-refractivity contribution in [3.8, 4) is 0 Å². The highest BCUT2D eigenvalue weighted by Crippen LogP contribution is 2.29. The second kappa shape index (κ2) is 6.57. The van der Waals surface area contributed by atoms with Crippen molar-refractivity contribution in [3.63, 3.8) is 0 Å². The summed E-state index contributed by atoms with van der Waals surface area (Å²) in [6.07, 6.45) is 3.40. The van der Waals surface area contributed by atoms with Gasteiger partial charge in [-0.2, -0.15) is 0 Å². The Labute approximate surface area is 137 Å². The molecule has 1 aromatic rings. The van der Waals surface area contributed by atoms with Crippen molar-refractivity contribution in [2.75, 3.05) is 0 Å². The molecule has 1 aromatic carbocycles. The molecule has 2 rings (SSSR count). The van der Waals surface area contributed by atoms with E-state index in [-0.39, 0.29) is 5.91 Å². The Balaban J connectivity index is 2.03. The van der Waals surface area contributed by atoms with Crippen LogP contribution in [0.15, 0.2) is 22.7 Å². The molecule has 19 heavy (non-hydrogen) atoms. The van der Waals surface area contributed by atoms with Gasteiger partial charge in [-0.1, -0.05) is 13.8 Å². The molecule has 0 bridgehead atoms. The van der Waals surface area contributed by atoms with E-state index in [2.05, 4.69) is 57.7 Å². The van der Waals surface area contributed by atoms with Crippen LogP contribution in [0.5, 0.6) is 0 Å². The molecule has 1 saturated carbocycles. The Morgan fingerprint density at radius 2 is 2.05 bits per heavy atom. The zero-order valence-electron chi connectivity index (χ0n) is 11.2. The number of carbonyl (C=O) groups excluding carboxylic acids is 1. The molecule has 1 fully saturated rings. The third kappa shape index (κ3) is 3.94. The van der Waals surface area contributed by atoms with Gasteiger partial charge in [0.25, 0.3) is 5.91 Å². The van der Waals surface area contributed by atoms with Crippen LogP contribution in [0.4, 0.5) is 0 Å². The maximum Gasteiger partial charge on any atom is 0.252 e. The normalized spacial score (nSPS) is 27.1. The van der Waals surface area contributed by atoms with Crippen LogP contribution in [-0.4, -0.2) is 11.9 Å². The lowest BCUT2D eigenvalue weighted by atomic mass is 9.79. The number of halogens is 2. The molecule has 3 atom stereocenters. The van der Waals surface area contributed by atoms with Gasteiger partial charge in [0.15, 0.2) is 0 Å². The summed E-state index contributed by atoms with van der Waals surface area (Å²) in [5, 5.41) is 3.18. The molecule has 1 amide bonds. The van der Waals surface area contributed by atoms with E-state index in [1.54, 1.807) is 0 Å². The predicted octanol–water partition coefficient (Wildman–Crippen LogP) is 4.61. The number of amides is 1. The standard InChI is InChI=1S/C15H19BrINO/c1-9-3-5-12(7-10(9)2)18-15(19)13-8-11(17)4-6-14(13)16/h4,6,8-10,12H,3,5,7H2,1-2H3,(H,18,19). The van der Waals surface area contributed by atoms with E-state index in [0.29, 0.717) is 12.0 Å². The zero-order chi connectivity index (χ0) is 14.0. The molecule has 0 aliphatic heterocycles. The highest BCUT2D eigenvalue weighted by Gasteiger charge is 2.26. The first kappa shape index (κ1) is 15.3. The average molecular weight is 436 g/mol. The summed E-state index contributed by atoms with van der Waals surface area (Å²) < 4.78 is 1.94. The molecule has 104 valence electrons. The van der Waals surface area contributed by atoms with Crippen molar-refractivity contribution in [2.45, 2.75) is 39.2 Å². The van der Waals surface area contributed by atoms with Crippen molar-refractivity contribution in [3.05, 3.63) is 31.8 Å². The van der Waals surface area contributed by atoms with E-state index in [1.807, 2.05) is 18.2 Å². The van der Waals surface area contributed by atoms with Crippen molar-refractivity contribution in [2.24, 2.45) is 11.8 Å². The topological polar surface area (TPSA) is 29.1 Å². The minimum Gasteiger partial charge on any atom is -0.349 e. The van der Waals surface area contributed by atoms with Crippen LogP contribution in [-0.2, 0) is 0 Å². The molecule has 3 unspecified atom stereocenters. The minimum absolute atomic E-state index is 0.0390. The van der Waals surface area contributed by atoms with E-state index in [9.17, 15) is 4.79 Å². The fourth-order valence-electron chi connectivity index (χ4n) is 2.61. The molecular formula is C15H19BrINO. The van der Waals surface area contributed by atoms with Crippen molar-refractivity contribution >= 4 is 44.4 Å². The number of hydrogen-bond donors (Lipinski definition) is 1. The van der Waals surface area contributed by atoms with Crippen LogP contribution in [0.1, 0.15) is 43.5 Å². The molecule has 0 saturated heterocycles. The molecule has 0 aromatic heterocycles. The predicted molar refractivity (Wildman–Crippen MR) is 90.3 cm³/mol. The van der Waals surface area contributed by atoms with Crippen LogP contribution in [0.3, 0.4) is 0 Å². The lowest BCUT2D eigenvalue weighted by Crippen LogP contribution is -2.40. The number of carbonyl (C=O) groups is 1. The Morgan fingerprint density at radius 3 is 2.74 bits per heavy atom. The maximum atomic E-state index is 12.3. The first-order chi connectivity index (χ1) is 8.97. The summed E-state index contributed by atoms with van der Waals surface area (Å²) in [6, 6.07) is 6.17. The van der Waals surface area contributed by atoms with Gasteiger partial charge in [-0.15, -0.1) is 0 Å². The Kier molecular flexibility index (Phi) is 5.29. The van der Waals surface area contributed by atoms with Gasteiger partial charge >= 0.3 is 0 Å². The lowest BCUT2D eigenvalue weighted by Gasteiger charge is -2.32. The highest BCUT2D eigenvalue weighted by molar-refractivity contribution is 14.1. The molecule has 1 aliphatic carbocycles. The van der Waals surface area contributed by atoms with E-state index in [4.69, 9.17) is 0 Å². The van der Waals surface area contributed by atoms with Gasteiger partial charge in [0.2, 0.25) is 0 Å². The Bertz CT molecular complexity index is 477. The second-order valence-electron chi connectivity index (χ2n) is 5.56. The largest absolute Gasteiger partial charge is 0.349 e. The monoisotopic (exact) mass is 435 g/mol. The zero-order valence-corrected chi connectivity index (χ0v) is 15.0. The molecule has 2 nitrogen and oxygen atoms in total. The average Bonchev–Trinajstić information content (AvgIpc) is 2.36. The summed E-state index contributed by atoms with van der Waals surface area (Å²) in [5.74, 6) is 1.51. The molecule has 4 heteroatoms. The molecule has 0 heterocycles. The van der Waals surface area contributed by atoms with Crippen LogP contribution in [0.25, 0.3) is 0 Å². The van der Waals surface area contributed by atoms with Gasteiger partial charge < -0.3 is 5.32 Å². The SMILES string of the molecule is CC1CCC(NC(=O)c2cc(I)ccc2Br)CC1C. The fraction of sp³-hybridized carbons (Fsp3) is 0.533. The maximum absolute atomic E-state index is 12.3. The van der Waals surface area contributed by atoms with Gasteiger partial charge in [0.1, 0.15) is 0 Å². The number of benzene rings is 1.